The maximum atomic E-state index is 11.0. The van der Waals surface area contributed by atoms with Gasteiger partial charge < -0.3 is 20.1 Å². The van der Waals surface area contributed by atoms with Crippen molar-refractivity contribution in [2.75, 3.05) is 26.3 Å². The van der Waals surface area contributed by atoms with Crippen molar-refractivity contribution in [2.45, 2.75) is 18.0 Å². The van der Waals surface area contributed by atoms with E-state index in [0.29, 0.717) is 26.3 Å². The van der Waals surface area contributed by atoms with Crippen molar-refractivity contribution in [1.29, 1.82) is 0 Å². The van der Waals surface area contributed by atoms with Crippen LogP contribution in [0.1, 0.15) is 13.8 Å². The standard InChI is InChI=1S/C9H17IN2O4/c1-7(10)16-9(14)12-4-6-15-5-3-11-8(2)13/h7H,3-6H2,1-2H3,(H,11,13)(H,12,14)/t7-/m1/s1. The number of amides is 2. The summed E-state index contributed by atoms with van der Waals surface area (Å²) in [6.07, 6.45) is -0.452. The van der Waals surface area contributed by atoms with Gasteiger partial charge in [-0.1, -0.05) is 0 Å². The van der Waals surface area contributed by atoms with E-state index in [1.54, 1.807) is 6.92 Å². The van der Waals surface area contributed by atoms with Crippen molar-refractivity contribution in [3.63, 3.8) is 0 Å². The Labute approximate surface area is 109 Å². The van der Waals surface area contributed by atoms with Crippen LogP contribution >= 0.6 is 22.6 Å². The summed E-state index contributed by atoms with van der Waals surface area (Å²) in [4.78, 5) is 21.5. The van der Waals surface area contributed by atoms with E-state index in [0.717, 1.165) is 0 Å². The van der Waals surface area contributed by atoms with Crippen molar-refractivity contribution in [3.05, 3.63) is 0 Å². The van der Waals surface area contributed by atoms with Gasteiger partial charge in [0.2, 0.25) is 5.91 Å². The molecule has 0 aliphatic carbocycles. The fourth-order valence-electron chi connectivity index (χ4n) is 0.816. The van der Waals surface area contributed by atoms with Crippen LogP contribution < -0.4 is 10.6 Å². The third kappa shape index (κ3) is 11.5. The number of alkyl carbamates (subject to hydrolysis) is 1. The minimum atomic E-state index is -0.452. The summed E-state index contributed by atoms with van der Waals surface area (Å²) in [6.45, 7) is 4.91. The molecule has 0 bridgehead atoms. The molecule has 6 nitrogen and oxygen atoms in total. The van der Waals surface area contributed by atoms with Gasteiger partial charge in [0, 0.05) is 20.0 Å². The Morgan fingerprint density at radius 3 is 2.31 bits per heavy atom. The summed E-state index contributed by atoms with van der Waals surface area (Å²) in [5, 5.41) is 5.13. The predicted octanol–water partition coefficient (Wildman–Crippen LogP) is 0.646. The van der Waals surface area contributed by atoms with E-state index in [2.05, 4.69) is 10.6 Å². The van der Waals surface area contributed by atoms with Crippen LogP contribution in [0, 0.1) is 0 Å². The van der Waals surface area contributed by atoms with E-state index in [1.807, 2.05) is 22.6 Å². The number of hydrogen-bond donors (Lipinski definition) is 2. The molecular formula is C9H17IN2O4. The second-order valence-electron chi connectivity index (χ2n) is 2.97. The third-order valence-corrected chi connectivity index (χ3v) is 1.66. The summed E-state index contributed by atoms with van der Waals surface area (Å²) in [6, 6.07) is 0. The molecule has 7 heteroatoms. The molecule has 0 radical (unpaired) electrons. The summed E-state index contributed by atoms with van der Waals surface area (Å²) < 4.78 is 9.83. The van der Waals surface area contributed by atoms with Gasteiger partial charge in [-0.3, -0.25) is 4.79 Å². The molecule has 0 rings (SSSR count). The van der Waals surface area contributed by atoms with Crippen LogP contribution in [-0.2, 0) is 14.3 Å². The molecule has 0 spiro atoms. The van der Waals surface area contributed by atoms with Crippen LogP contribution in [0.3, 0.4) is 0 Å². The van der Waals surface area contributed by atoms with Gasteiger partial charge in [-0.05, 0) is 29.5 Å². The lowest BCUT2D eigenvalue weighted by Crippen LogP contribution is -2.30. The number of hydrogen-bond acceptors (Lipinski definition) is 4. The number of halogens is 1. The first-order chi connectivity index (χ1) is 7.52. The Morgan fingerprint density at radius 1 is 1.25 bits per heavy atom. The Kier molecular flexibility index (Phi) is 9.30. The third-order valence-electron chi connectivity index (χ3n) is 1.41. The first-order valence-electron chi connectivity index (χ1n) is 4.93. The van der Waals surface area contributed by atoms with Gasteiger partial charge in [0.1, 0.15) is 0 Å². The van der Waals surface area contributed by atoms with Crippen LogP contribution in [0.5, 0.6) is 0 Å². The van der Waals surface area contributed by atoms with Gasteiger partial charge in [0.25, 0.3) is 0 Å². The lowest BCUT2D eigenvalue weighted by Gasteiger charge is -2.08. The fourth-order valence-corrected chi connectivity index (χ4v) is 1.05. The van der Waals surface area contributed by atoms with Crippen LogP contribution in [0.25, 0.3) is 0 Å². The summed E-state index contributed by atoms with van der Waals surface area (Å²) in [7, 11) is 0. The summed E-state index contributed by atoms with van der Waals surface area (Å²) in [5.74, 6) is -0.0821. The SMILES string of the molecule is CC(=O)NCCOCCNC(=O)O[C@H](C)I. The zero-order valence-electron chi connectivity index (χ0n) is 9.42. The minimum absolute atomic E-state index is 0.0821. The molecule has 0 aromatic rings. The van der Waals surface area contributed by atoms with Crippen molar-refractivity contribution >= 4 is 34.6 Å². The van der Waals surface area contributed by atoms with Gasteiger partial charge in [0.05, 0.1) is 13.2 Å². The minimum Gasteiger partial charge on any atom is -0.436 e. The lowest BCUT2D eigenvalue weighted by atomic mass is 10.6. The number of rotatable bonds is 7. The number of alkyl halides is 1. The van der Waals surface area contributed by atoms with Crippen LogP contribution in [0.2, 0.25) is 0 Å². The molecule has 0 aliphatic heterocycles. The molecule has 2 N–H and O–H groups in total. The van der Waals surface area contributed by atoms with E-state index in [1.165, 1.54) is 6.92 Å². The quantitative estimate of drug-likeness (QED) is 0.404. The zero-order chi connectivity index (χ0) is 12.4. The highest BCUT2D eigenvalue weighted by Crippen LogP contribution is 1.99. The van der Waals surface area contributed by atoms with Crippen LogP contribution in [0.4, 0.5) is 4.79 Å². The molecule has 2 amide bonds. The average Bonchev–Trinajstić information content (AvgIpc) is 2.14. The van der Waals surface area contributed by atoms with Crippen molar-refractivity contribution in [1.82, 2.24) is 10.6 Å². The Balaban J connectivity index is 3.20. The van der Waals surface area contributed by atoms with Gasteiger partial charge in [-0.25, -0.2) is 4.79 Å². The van der Waals surface area contributed by atoms with E-state index in [9.17, 15) is 9.59 Å². The molecular weight excluding hydrogens is 327 g/mol. The Hall–Kier alpha value is -0.570. The molecule has 1 atom stereocenters. The second-order valence-corrected chi connectivity index (χ2v) is 4.72. The largest absolute Gasteiger partial charge is 0.436 e. The smallest absolute Gasteiger partial charge is 0.408 e. The maximum Gasteiger partial charge on any atom is 0.408 e. The summed E-state index contributed by atoms with van der Waals surface area (Å²) >= 11 is 1.99. The van der Waals surface area contributed by atoms with Crippen molar-refractivity contribution in [3.8, 4) is 0 Å². The molecule has 94 valence electrons. The van der Waals surface area contributed by atoms with Crippen molar-refractivity contribution in [2.24, 2.45) is 0 Å². The number of carbonyl (C=O) groups is 2. The van der Waals surface area contributed by atoms with Crippen molar-refractivity contribution < 1.29 is 19.1 Å². The Bertz CT molecular complexity index is 224. The fraction of sp³-hybridized carbons (Fsp3) is 0.778. The highest BCUT2D eigenvalue weighted by Gasteiger charge is 2.03. The molecule has 0 unspecified atom stereocenters. The predicted molar refractivity (Wildman–Crippen MR) is 67.5 cm³/mol. The topological polar surface area (TPSA) is 76.7 Å². The average molecular weight is 344 g/mol. The van der Waals surface area contributed by atoms with Crippen LogP contribution in [-0.4, -0.2) is 42.4 Å². The highest BCUT2D eigenvalue weighted by molar-refractivity contribution is 14.1. The first kappa shape index (κ1) is 15.4. The van der Waals surface area contributed by atoms with Gasteiger partial charge in [-0.2, -0.15) is 0 Å². The molecule has 0 aromatic heterocycles. The monoisotopic (exact) mass is 344 g/mol. The van der Waals surface area contributed by atoms with Gasteiger partial charge in [-0.15, -0.1) is 0 Å². The molecule has 0 saturated heterocycles. The summed E-state index contributed by atoms with van der Waals surface area (Å²) in [5.41, 5.74) is 0. The molecule has 0 fully saturated rings. The molecule has 0 heterocycles. The maximum absolute atomic E-state index is 11.0. The second kappa shape index (κ2) is 9.64. The van der Waals surface area contributed by atoms with E-state index in [-0.39, 0.29) is 10.0 Å². The van der Waals surface area contributed by atoms with E-state index < -0.39 is 6.09 Å². The van der Waals surface area contributed by atoms with E-state index >= 15 is 0 Å². The molecule has 16 heavy (non-hydrogen) atoms. The normalized spacial score (nSPS) is 11.7. The molecule has 0 aliphatic rings. The number of ether oxygens (including phenoxy) is 2. The molecule has 0 aromatic carbocycles. The zero-order valence-corrected chi connectivity index (χ0v) is 11.6. The Morgan fingerprint density at radius 2 is 1.81 bits per heavy atom. The first-order valence-corrected chi connectivity index (χ1v) is 6.17. The van der Waals surface area contributed by atoms with Gasteiger partial charge >= 0.3 is 6.09 Å². The van der Waals surface area contributed by atoms with E-state index in [4.69, 9.17) is 9.47 Å². The lowest BCUT2D eigenvalue weighted by molar-refractivity contribution is -0.119. The molecule has 0 saturated carbocycles. The van der Waals surface area contributed by atoms with Gasteiger partial charge in [0.15, 0.2) is 4.11 Å². The number of carbonyl (C=O) groups excluding carboxylic acids is 2. The highest BCUT2D eigenvalue weighted by atomic mass is 127. The number of nitrogens with one attached hydrogen (secondary N) is 2. The van der Waals surface area contributed by atoms with Crippen LogP contribution in [0.15, 0.2) is 0 Å².